The van der Waals surface area contributed by atoms with Crippen molar-refractivity contribution >= 4 is 11.8 Å². The molecule has 0 aliphatic carbocycles. The lowest BCUT2D eigenvalue weighted by atomic mass is 10.00. The fraction of sp³-hybridized carbons (Fsp3) is 0.462. The number of nitrogens with zero attached hydrogens (tertiary/aromatic N) is 3. The van der Waals surface area contributed by atoms with Gasteiger partial charge < -0.3 is 9.47 Å². The molecule has 33 heavy (non-hydrogen) atoms. The van der Waals surface area contributed by atoms with Gasteiger partial charge in [0.15, 0.2) is 0 Å². The summed E-state index contributed by atoms with van der Waals surface area (Å²) in [4.78, 5) is 32.2. The van der Waals surface area contributed by atoms with Crippen LogP contribution in [0.4, 0.5) is 0 Å². The Hall–Kier alpha value is -2.90. The molecule has 3 aliphatic heterocycles. The van der Waals surface area contributed by atoms with Crippen LogP contribution in [0.2, 0.25) is 0 Å². The van der Waals surface area contributed by atoms with Gasteiger partial charge in [-0.2, -0.15) is 0 Å². The molecule has 174 valence electrons. The van der Waals surface area contributed by atoms with Gasteiger partial charge in [0.25, 0.3) is 0 Å². The fourth-order valence-electron chi connectivity index (χ4n) is 5.45. The van der Waals surface area contributed by atoms with Crippen LogP contribution >= 0.6 is 0 Å². The predicted octanol–water partition coefficient (Wildman–Crippen LogP) is 2.18. The third-order valence-electron chi connectivity index (χ3n) is 7.30. The number of likely N-dealkylation sites (tertiary alicyclic amines) is 2. The zero-order valence-electron chi connectivity index (χ0n) is 19.3. The average molecular weight is 450 g/mol. The number of carbonyl (C=O) groups excluding carboxylic acids is 2. The standard InChI is InChI=1S/C26H31N3O4/c1-32-21-8-7-20(24(13-21)33-2)15-28-16-22-23(17-28)26(31)29(25(22)30)12-11-27-10-9-18-5-3-4-6-19(18)14-27/h3-8,13,22-23H,9-12,14-17H2,1-2H3/t22-,23+. The summed E-state index contributed by atoms with van der Waals surface area (Å²) in [5.74, 6) is 1.02. The lowest BCUT2D eigenvalue weighted by molar-refractivity contribution is -0.140. The van der Waals surface area contributed by atoms with E-state index in [1.54, 1.807) is 14.2 Å². The molecule has 2 saturated heterocycles. The van der Waals surface area contributed by atoms with Crippen molar-refractivity contribution in [2.75, 3.05) is 46.9 Å². The van der Waals surface area contributed by atoms with Crippen molar-refractivity contribution in [2.24, 2.45) is 11.8 Å². The molecule has 2 amide bonds. The maximum Gasteiger partial charge on any atom is 0.234 e. The molecule has 0 bridgehead atoms. The molecule has 7 nitrogen and oxygen atoms in total. The van der Waals surface area contributed by atoms with E-state index in [0.717, 1.165) is 43.1 Å². The van der Waals surface area contributed by atoms with Gasteiger partial charge in [-0.1, -0.05) is 30.3 Å². The van der Waals surface area contributed by atoms with Crippen LogP contribution in [0.5, 0.6) is 11.5 Å². The zero-order chi connectivity index (χ0) is 22.9. The summed E-state index contributed by atoms with van der Waals surface area (Å²) < 4.78 is 10.8. The van der Waals surface area contributed by atoms with Crippen LogP contribution in [-0.2, 0) is 29.1 Å². The number of methoxy groups -OCH3 is 2. The van der Waals surface area contributed by atoms with E-state index in [4.69, 9.17) is 9.47 Å². The summed E-state index contributed by atoms with van der Waals surface area (Å²) in [5, 5.41) is 0. The van der Waals surface area contributed by atoms with Gasteiger partial charge in [-0.15, -0.1) is 0 Å². The van der Waals surface area contributed by atoms with Crippen molar-refractivity contribution in [3.63, 3.8) is 0 Å². The second-order valence-electron chi connectivity index (χ2n) is 9.21. The van der Waals surface area contributed by atoms with Gasteiger partial charge in [-0.25, -0.2) is 0 Å². The highest BCUT2D eigenvalue weighted by molar-refractivity contribution is 6.05. The quantitative estimate of drug-likeness (QED) is 0.604. The molecule has 0 unspecified atom stereocenters. The molecule has 2 atom stereocenters. The van der Waals surface area contributed by atoms with E-state index in [-0.39, 0.29) is 23.7 Å². The minimum absolute atomic E-state index is 0.00777. The lowest BCUT2D eigenvalue weighted by Crippen LogP contribution is -2.42. The molecule has 2 aromatic carbocycles. The summed E-state index contributed by atoms with van der Waals surface area (Å²) in [5.41, 5.74) is 3.79. The number of imide groups is 1. The number of amides is 2. The number of fused-ring (bicyclic) bond motifs is 2. The third-order valence-corrected chi connectivity index (χ3v) is 7.30. The second kappa shape index (κ2) is 9.15. The molecule has 3 aliphatic rings. The molecule has 7 heteroatoms. The maximum atomic E-state index is 13.1. The van der Waals surface area contributed by atoms with Crippen molar-refractivity contribution in [1.82, 2.24) is 14.7 Å². The van der Waals surface area contributed by atoms with E-state index in [1.807, 2.05) is 18.2 Å². The summed E-state index contributed by atoms with van der Waals surface area (Å²) in [6.45, 7) is 4.94. The third kappa shape index (κ3) is 4.23. The van der Waals surface area contributed by atoms with Crippen molar-refractivity contribution in [2.45, 2.75) is 19.5 Å². The molecule has 2 fully saturated rings. The van der Waals surface area contributed by atoms with Crippen LogP contribution in [0, 0.1) is 11.8 Å². The first-order valence-electron chi connectivity index (χ1n) is 11.6. The van der Waals surface area contributed by atoms with Crippen LogP contribution in [-0.4, -0.2) is 73.5 Å². The van der Waals surface area contributed by atoms with E-state index in [0.29, 0.717) is 26.2 Å². The van der Waals surface area contributed by atoms with E-state index in [9.17, 15) is 9.59 Å². The maximum absolute atomic E-state index is 13.1. The Kier molecular flexibility index (Phi) is 6.08. The molecule has 5 rings (SSSR count). The van der Waals surface area contributed by atoms with Gasteiger partial charge in [-0.3, -0.25) is 24.3 Å². The summed E-state index contributed by atoms with van der Waals surface area (Å²) in [7, 11) is 3.27. The molecule has 0 radical (unpaired) electrons. The summed E-state index contributed by atoms with van der Waals surface area (Å²) in [6, 6.07) is 14.3. The largest absolute Gasteiger partial charge is 0.497 e. The van der Waals surface area contributed by atoms with Crippen LogP contribution in [0.25, 0.3) is 0 Å². The van der Waals surface area contributed by atoms with Crippen LogP contribution in [0.3, 0.4) is 0 Å². The van der Waals surface area contributed by atoms with Crippen LogP contribution in [0.15, 0.2) is 42.5 Å². The highest BCUT2D eigenvalue weighted by atomic mass is 16.5. The normalized spacial score (nSPS) is 23.0. The molecule has 0 N–H and O–H groups in total. The molecular formula is C26H31N3O4. The van der Waals surface area contributed by atoms with Crippen LogP contribution < -0.4 is 9.47 Å². The van der Waals surface area contributed by atoms with Gasteiger partial charge in [-0.05, 0) is 23.6 Å². The SMILES string of the molecule is COc1ccc(CN2C[C@@H]3C(=O)N(CCN4CCc5ccccc5C4)C(=O)[C@@H]3C2)c(OC)c1. The Morgan fingerprint density at radius 2 is 1.61 bits per heavy atom. The minimum Gasteiger partial charge on any atom is -0.497 e. The number of benzene rings is 2. The fourth-order valence-corrected chi connectivity index (χ4v) is 5.45. The van der Waals surface area contributed by atoms with E-state index in [2.05, 4.69) is 34.1 Å². The Labute approximate surface area is 194 Å². The molecule has 0 saturated carbocycles. The Morgan fingerprint density at radius 1 is 0.879 bits per heavy atom. The van der Waals surface area contributed by atoms with Gasteiger partial charge in [0.05, 0.1) is 26.1 Å². The number of hydrogen-bond donors (Lipinski definition) is 0. The summed E-state index contributed by atoms with van der Waals surface area (Å²) >= 11 is 0. The van der Waals surface area contributed by atoms with Gasteiger partial charge in [0.2, 0.25) is 11.8 Å². The first-order chi connectivity index (χ1) is 16.1. The monoisotopic (exact) mass is 449 g/mol. The lowest BCUT2D eigenvalue weighted by Gasteiger charge is -2.30. The zero-order valence-corrected chi connectivity index (χ0v) is 19.3. The first-order valence-corrected chi connectivity index (χ1v) is 11.6. The van der Waals surface area contributed by atoms with Gasteiger partial charge in [0.1, 0.15) is 11.5 Å². The van der Waals surface area contributed by atoms with Crippen LogP contribution in [0.1, 0.15) is 16.7 Å². The Balaban J connectivity index is 1.18. The molecular weight excluding hydrogens is 418 g/mol. The van der Waals surface area contributed by atoms with Gasteiger partial charge >= 0.3 is 0 Å². The van der Waals surface area contributed by atoms with E-state index < -0.39 is 0 Å². The van der Waals surface area contributed by atoms with E-state index >= 15 is 0 Å². The molecule has 3 heterocycles. The number of ether oxygens (including phenoxy) is 2. The van der Waals surface area contributed by atoms with Crippen molar-refractivity contribution < 1.29 is 19.1 Å². The molecule has 0 spiro atoms. The smallest absolute Gasteiger partial charge is 0.234 e. The second-order valence-corrected chi connectivity index (χ2v) is 9.21. The topological polar surface area (TPSA) is 62.3 Å². The Morgan fingerprint density at radius 3 is 2.30 bits per heavy atom. The number of hydrogen-bond acceptors (Lipinski definition) is 6. The highest BCUT2D eigenvalue weighted by Gasteiger charge is 2.52. The number of rotatable bonds is 7. The molecule has 2 aromatic rings. The van der Waals surface area contributed by atoms with Crippen molar-refractivity contribution in [3.05, 3.63) is 59.2 Å². The van der Waals surface area contributed by atoms with Crippen molar-refractivity contribution in [1.29, 1.82) is 0 Å². The van der Waals surface area contributed by atoms with Crippen molar-refractivity contribution in [3.8, 4) is 11.5 Å². The van der Waals surface area contributed by atoms with E-state index in [1.165, 1.54) is 16.0 Å². The summed E-state index contributed by atoms with van der Waals surface area (Å²) in [6.07, 6.45) is 1.02. The minimum atomic E-state index is -0.233. The Bertz CT molecular complexity index is 1030. The highest BCUT2D eigenvalue weighted by Crippen LogP contribution is 2.35. The predicted molar refractivity (Wildman–Crippen MR) is 124 cm³/mol. The van der Waals surface area contributed by atoms with Gasteiger partial charge in [0, 0.05) is 57.4 Å². The number of carbonyl (C=O) groups is 2. The average Bonchev–Trinajstić information content (AvgIpc) is 3.36. The first kappa shape index (κ1) is 21.9. The molecule has 0 aromatic heterocycles.